The summed E-state index contributed by atoms with van der Waals surface area (Å²) in [5.41, 5.74) is -0.633. The smallest absolute Gasteiger partial charge is 0.209 e. The van der Waals surface area contributed by atoms with Crippen LogP contribution in [-0.2, 0) is 10.0 Å². The summed E-state index contributed by atoms with van der Waals surface area (Å²) in [5.74, 6) is 0.718. The van der Waals surface area contributed by atoms with Gasteiger partial charge in [0, 0.05) is 28.3 Å². The molecule has 154 valence electrons. The highest BCUT2D eigenvalue weighted by Gasteiger charge is 2.43. The van der Waals surface area contributed by atoms with Crippen LogP contribution in [-0.4, -0.2) is 50.6 Å². The van der Waals surface area contributed by atoms with E-state index < -0.39 is 15.6 Å². The molecule has 0 aliphatic heterocycles. The number of rotatable bonds is 9. The standard InChI is InChI=1S/C18H30N4O2S2.HI/c1-5-19-16(20-13-17(2,3)22-26(4,23)24)21-14-18(11-12-18)25-15-9-7-6-8-10-15;/h6-10,22H,5,11-14H2,1-4H3,(H2,19,20,21);1H. The Balaban J connectivity index is 0.00000364. The second kappa shape index (κ2) is 10.3. The lowest BCUT2D eigenvalue weighted by molar-refractivity contribution is 0.464. The molecule has 2 rings (SSSR count). The van der Waals surface area contributed by atoms with Gasteiger partial charge in [-0.05, 0) is 45.7 Å². The van der Waals surface area contributed by atoms with Crippen LogP contribution < -0.4 is 15.4 Å². The summed E-state index contributed by atoms with van der Waals surface area (Å²) >= 11 is 1.91. The number of halogens is 1. The Kier molecular flexibility index (Phi) is 9.36. The first-order valence-electron chi connectivity index (χ1n) is 8.88. The lowest BCUT2D eigenvalue weighted by Crippen LogP contribution is -2.47. The molecule has 0 saturated heterocycles. The Morgan fingerprint density at radius 3 is 2.37 bits per heavy atom. The molecule has 1 aliphatic carbocycles. The molecular formula is C18H31IN4O2S2. The molecule has 1 fully saturated rings. The van der Waals surface area contributed by atoms with E-state index in [1.807, 2.05) is 38.6 Å². The van der Waals surface area contributed by atoms with Gasteiger partial charge in [-0.1, -0.05) is 18.2 Å². The number of sulfonamides is 1. The monoisotopic (exact) mass is 526 g/mol. The SMILES string of the molecule is CCNC(=NCC(C)(C)NS(C)(=O)=O)NCC1(Sc2ccccc2)CC1.I. The fourth-order valence-corrected chi connectivity index (χ4v) is 4.90. The number of guanidine groups is 1. The molecule has 1 aromatic rings. The third-order valence-electron chi connectivity index (χ3n) is 3.90. The van der Waals surface area contributed by atoms with Gasteiger partial charge in [-0.2, -0.15) is 0 Å². The molecule has 27 heavy (non-hydrogen) atoms. The second-order valence-electron chi connectivity index (χ2n) is 7.40. The average molecular weight is 527 g/mol. The van der Waals surface area contributed by atoms with E-state index in [-0.39, 0.29) is 28.7 Å². The van der Waals surface area contributed by atoms with Crippen molar-refractivity contribution in [3.8, 4) is 0 Å². The lowest BCUT2D eigenvalue weighted by Gasteiger charge is -2.24. The summed E-state index contributed by atoms with van der Waals surface area (Å²) < 4.78 is 25.8. The highest BCUT2D eigenvalue weighted by molar-refractivity contribution is 14.0. The molecule has 1 saturated carbocycles. The van der Waals surface area contributed by atoms with Crippen molar-refractivity contribution in [1.82, 2.24) is 15.4 Å². The molecule has 3 N–H and O–H groups in total. The summed E-state index contributed by atoms with van der Waals surface area (Å²) in [7, 11) is -3.27. The maximum Gasteiger partial charge on any atom is 0.209 e. The minimum Gasteiger partial charge on any atom is -0.357 e. The van der Waals surface area contributed by atoms with Gasteiger partial charge < -0.3 is 10.6 Å². The van der Waals surface area contributed by atoms with Crippen LogP contribution in [0.1, 0.15) is 33.6 Å². The zero-order valence-electron chi connectivity index (χ0n) is 16.4. The van der Waals surface area contributed by atoms with Crippen LogP contribution in [0.15, 0.2) is 40.2 Å². The van der Waals surface area contributed by atoms with E-state index >= 15 is 0 Å². The van der Waals surface area contributed by atoms with Crippen molar-refractivity contribution in [2.24, 2.45) is 4.99 Å². The van der Waals surface area contributed by atoms with Gasteiger partial charge in [0.25, 0.3) is 0 Å². The summed E-state index contributed by atoms with van der Waals surface area (Å²) in [6, 6.07) is 10.4. The third kappa shape index (κ3) is 9.49. The van der Waals surface area contributed by atoms with Gasteiger partial charge in [0.1, 0.15) is 0 Å². The molecule has 0 aromatic heterocycles. The van der Waals surface area contributed by atoms with Gasteiger partial charge in [0.05, 0.1) is 12.8 Å². The van der Waals surface area contributed by atoms with Crippen LogP contribution in [0.2, 0.25) is 0 Å². The van der Waals surface area contributed by atoms with Gasteiger partial charge in [-0.3, -0.25) is 4.99 Å². The molecule has 6 nitrogen and oxygen atoms in total. The number of aliphatic imine (C=N–C) groups is 1. The maximum atomic E-state index is 11.5. The minimum absolute atomic E-state index is 0. The molecule has 0 bridgehead atoms. The van der Waals surface area contributed by atoms with Gasteiger partial charge in [-0.15, -0.1) is 35.7 Å². The summed E-state index contributed by atoms with van der Waals surface area (Å²) in [4.78, 5) is 5.85. The third-order valence-corrected chi connectivity index (χ3v) is 6.32. The zero-order valence-corrected chi connectivity index (χ0v) is 20.4. The van der Waals surface area contributed by atoms with Crippen LogP contribution in [0.5, 0.6) is 0 Å². The lowest BCUT2D eigenvalue weighted by atomic mass is 10.1. The Bertz CT molecular complexity index is 720. The number of benzene rings is 1. The number of hydrogen-bond donors (Lipinski definition) is 3. The molecule has 1 aliphatic rings. The maximum absolute atomic E-state index is 11.5. The molecule has 0 unspecified atom stereocenters. The van der Waals surface area contributed by atoms with Gasteiger partial charge in [-0.25, -0.2) is 13.1 Å². The molecule has 0 spiro atoms. The second-order valence-corrected chi connectivity index (χ2v) is 10.7. The number of thioether (sulfide) groups is 1. The van der Waals surface area contributed by atoms with E-state index in [9.17, 15) is 8.42 Å². The van der Waals surface area contributed by atoms with Crippen LogP contribution in [0.4, 0.5) is 0 Å². The van der Waals surface area contributed by atoms with Crippen LogP contribution >= 0.6 is 35.7 Å². The minimum atomic E-state index is -3.27. The Labute approximate surface area is 184 Å². The molecule has 0 heterocycles. The fraction of sp³-hybridized carbons (Fsp3) is 0.611. The van der Waals surface area contributed by atoms with Gasteiger partial charge in [0.2, 0.25) is 10.0 Å². The largest absolute Gasteiger partial charge is 0.357 e. The predicted octanol–water partition coefficient (Wildman–Crippen LogP) is 2.81. The average Bonchev–Trinajstić information content (AvgIpc) is 3.29. The summed E-state index contributed by atoms with van der Waals surface area (Å²) in [6.45, 7) is 7.61. The highest BCUT2D eigenvalue weighted by Crippen LogP contribution is 2.51. The van der Waals surface area contributed by atoms with E-state index in [1.54, 1.807) is 0 Å². The van der Waals surface area contributed by atoms with E-state index in [1.165, 1.54) is 24.0 Å². The Hall–Kier alpha value is -0.520. The van der Waals surface area contributed by atoms with E-state index in [0.29, 0.717) is 6.54 Å². The van der Waals surface area contributed by atoms with Crippen molar-refractivity contribution >= 4 is 51.7 Å². The highest BCUT2D eigenvalue weighted by atomic mass is 127. The molecule has 0 amide bonds. The van der Waals surface area contributed by atoms with E-state index in [0.717, 1.165) is 19.0 Å². The zero-order chi connectivity index (χ0) is 19.3. The van der Waals surface area contributed by atoms with E-state index in [2.05, 4.69) is 44.6 Å². The Morgan fingerprint density at radius 1 is 1.22 bits per heavy atom. The van der Waals surface area contributed by atoms with Gasteiger partial charge in [0.15, 0.2) is 5.96 Å². The molecule has 1 aromatic carbocycles. The molecule has 0 atom stereocenters. The summed E-state index contributed by atoms with van der Waals surface area (Å²) in [5, 5.41) is 6.65. The first-order valence-corrected chi connectivity index (χ1v) is 11.6. The first kappa shape index (κ1) is 24.5. The topological polar surface area (TPSA) is 82.6 Å². The van der Waals surface area contributed by atoms with Crippen molar-refractivity contribution in [3.05, 3.63) is 30.3 Å². The van der Waals surface area contributed by atoms with Crippen LogP contribution in [0.3, 0.4) is 0 Å². The van der Waals surface area contributed by atoms with Crippen molar-refractivity contribution in [2.75, 3.05) is 25.9 Å². The predicted molar refractivity (Wildman–Crippen MR) is 126 cm³/mol. The number of nitrogens with zero attached hydrogens (tertiary/aromatic N) is 1. The van der Waals surface area contributed by atoms with Crippen molar-refractivity contribution in [3.63, 3.8) is 0 Å². The molecule has 0 radical (unpaired) electrons. The summed E-state index contributed by atoms with van der Waals surface area (Å²) in [6.07, 6.45) is 3.53. The van der Waals surface area contributed by atoms with Crippen molar-refractivity contribution in [2.45, 2.75) is 48.8 Å². The quantitative estimate of drug-likeness (QED) is 0.262. The Morgan fingerprint density at radius 2 is 1.85 bits per heavy atom. The molecular weight excluding hydrogens is 495 g/mol. The van der Waals surface area contributed by atoms with Gasteiger partial charge >= 0.3 is 0 Å². The number of nitrogens with one attached hydrogen (secondary N) is 3. The van der Waals surface area contributed by atoms with Crippen LogP contribution in [0, 0.1) is 0 Å². The first-order chi connectivity index (χ1) is 12.1. The van der Waals surface area contributed by atoms with Crippen LogP contribution in [0.25, 0.3) is 0 Å². The normalized spacial score (nSPS) is 16.4. The van der Waals surface area contributed by atoms with E-state index in [4.69, 9.17) is 0 Å². The fourth-order valence-electron chi connectivity index (χ4n) is 2.59. The van der Waals surface area contributed by atoms with Crippen molar-refractivity contribution < 1.29 is 8.42 Å². The number of hydrogen-bond acceptors (Lipinski definition) is 4. The van der Waals surface area contributed by atoms with Crippen molar-refractivity contribution in [1.29, 1.82) is 0 Å². The molecule has 9 heteroatoms.